The number of pyridine rings is 1. The zero-order valence-corrected chi connectivity index (χ0v) is 39.7. The van der Waals surface area contributed by atoms with Crippen LogP contribution in [0.15, 0.2) is 164 Å². The molecule has 2 N–H and O–H groups in total. The molecule has 0 aliphatic heterocycles. The van der Waals surface area contributed by atoms with Crippen LogP contribution in [0.4, 0.5) is 11.4 Å². The zero-order chi connectivity index (χ0) is 45.0. The normalized spacial score (nSPS) is 15.2. The number of aromatic nitrogens is 1. The summed E-state index contributed by atoms with van der Waals surface area (Å²) >= 11 is 0. The van der Waals surface area contributed by atoms with Crippen molar-refractivity contribution in [1.29, 1.82) is 0 Å². The fourth-order valence-electron chi connectivity index (χ4n) is 10.7. The van der Waals surface area contributed by atoms with E-state index in [0.717, 1.165) is 11.4 Å². The van der Waals surface area contributed by atoms with Gasteiger partial charge in [0.25, 0.3) is 0 Å². The molecule has 1 aromatic heterocycles. The number of aryl methyl sites for hydroxylation is 3. The minimum Gasteiger partial charge on any atom is -0.377 e. The van der Waals surface area contributed by atoms with Crippen LogP contribution in [0.3, 0.4) is 0 Å². The van der Waals surface area contributed by atoms with Crippen molar-refractivity contribution in [2.45, 2.75) is 135 Å². The lowest BCUT2D eigenvalue weighted by Gasteiger charge is -2.32. The third-order valence-electron chi connectivity index (χ3n) is 14.0. The minimum absolute atomic E-state index is 0.00810. The maximum absolute atomic E-state index is 5.44. The molecule has 6 aromatic carbocycles. The van der Waals surface area contributed by atoms with E-state index in [9.17, 15) is 0 Å². The van der Waals surface area contributed by atoms with E-state index >= 15 is 0 Å². The zero-order valence-electron chi connectivity index (χ0n) is 39.7. The fraction of sp³-hybridized carbons (Fsp3) is 0.339. The maximum atomic E-state index is 5.44. The molecular formula is C62H71N3. The van der Waals surface area contributed by atoms with Gasteiger partial charge in [-0.1, -0.05) is 215 Å². The van der Waals surface area contributed by atoms with Crippen molar-refractivity contribution >= 4 is 11.4 Å². The first-order valence-corrected chi connectivity index (χ1v) is 24.8. The molecule has 3 heteroatoms. The molecule has 1 saturated carbocycles. The van der Waals surface area contributed by atoms with Crippen LogP contribution in [0.25, 0.3) is 0 Å². The quantitative estimate of drug-likeness (QED) is 0.113. The Morgan fingerprint density at radius 2 is 0.815 bits per heavy atom. The summed E-state index contributed by atoms with van der Waals surface area (Å²) in [7, 11) is 0. The van der Waals surface area contributed by atoms with Crippen molar-refractivity contribution in [3.63, 3.8) is 0 Å². The van der Waals surface area contributed by atoms with Crippen LogP contribution in [0.1, 0.15) is 181 Å². The van der Waals surface area contributed by atoms with Crippen LogP contribution in [-0.4, -0.2) is 4.98 Å². The lowest BCUT2D eigenvalue weighted by Crippen LogP contribution is -2.19. The highest BCUT2D eigenvalue weighted by Gasteiger charge is 2.30. The average Bonchev–Trinajstić information content (AvgIpc) is 3.32. The molecule has 334 valence electrons. The van der Waals surface area contributed by atoms with Gasteiger partial charge in [0.2, 0.25) is 0 Å². The molecular weight excluding hydrogens is 787 g/mol. The average molecular weight is 858 g/mol. The van der Waals surface area contributed by atoms with Gasteiger partial charge < -0.3 is 10.6 Å². The van der Waals surface area contributed by atoms with Crippen molar-refractivity contribution in [3.8, 4) is 0 Å². The van der Waals surface area contributed by atoms with Gasteiger partial charge in [-0.15, -0.1) is 0 Å². The smallest absolute Gasteiger partial charge is 0.0657 e. The van der Waals surface area contributed by atoms with Gasteiger partial charge in [0.1, 0.15) is 0 Å². The Balaban J connectivity index is 1.31. The van der Waals surface area contributed by atoms with Gasteiger partial charge in [0.05, 0.1) is 23.5 Å². The first kappa shape index (κ1) is 45.6. The van der Waals surface area contributed by atoms with Crippen molar-refractivity contribution < 1.29 is 0 Å². The fourth-order valence-corrected chi connectivity index (χ4v) is 10.7. The van der Waals surface area contributed by atoms with Crippen LogP contribution in [0, 0.1) is 20.8 Å². The maximum Gasteiger partial charge on any atom is 0.0657 e. The van der Waals surface area contributed by atoms with Crippen LogP contribution in [0.2, 0.25) is 0 Å². The number of hydrogen-bond donors (Lipinski definition) is 2. The van der Waals surface area contributed by atoms with Crippen LogP contribution < -0.4 is 10.6 Å². The predicted molar refractivity (Wildman–Crippen MR) is 277 cm³/mol. The van der Waals surface area contributed by atoms with Crippen molar-refractivity contribution in [3.05, 3.63) is 231 Å². The van der Waals surface area contributed by atoms with Gasteiger partial charge in [0, 0.05) is 23.2 Å². The number of benzene rings is 6. The summed E-state index contributed by atoms with van der Waals surface area (Å²) < 4.78 is 0. The SMILES string of the molecule is Cc1cc(C)c(NC(C)c2cccc(C(C)Nc3c(C4CCCCCCCCCCC4)cc(C(c4ccccc4)c4ccccc4)cc3C(c3ccccc3)c3ccccc3)n2)c(C)c1. The van der Waals surface area contributed by atoms with E-state index in [1.807, 2.05) is 0 Å². The van der Waals surface area contributed by atoms with E-state index < -0.39 is 0 Å². The van der Waals surface area contributed by atoms with E-state index in [0.29, 0.717) is 5.92 Å². The van der Waals surface area contributed by atoms with Gasteiger partial charge in [0.15, 0.2) is 0 Å². The molecule has 65 heavy (non-hydrogen) atoms. The van der Waals surface area contributed by atoms with Crippen LogP contribution >= 0.6 is 0 Å². The first-order valence-electron chi connectivity index (χ1n) is 24.8. The number of hydrogen-bond acceptors (Lipinski definition) is 3. The molecule has 2 unspecified atom stereocenters. The molecule has 0 saturated heterocycles. The predicted octanol–water partition coefficient (Wildman–Crippen LogP) is 17.1. The molecule has 1 heterocycles. The molecule has 0 amide bonds. The summed E-state index contributed by atoms with van der Waals surface area (Å²) in [4.78, 5) is 5.44. The lowest BCUT2D eigenvalue weighted by molar-refractivity contribution is 0.467. The highest BCUT2D eigenvalue weighted by atomic mass is 15.0. The summed E-state index contributed by atoms with van der Waals surface area (Å²) in [5, 5.41) is 8.14. The standard InChI is InChI=1S/C62H71N3/c1-44-40-45(2)61(46(3)41-44)63-47(4)57-38-27-39-58(65-57)48(5)64-62-55(49-28-17-11-9-7-6-8-10-12-18-29-49)42-54(59(50-30-19-13-20-31-50)51-32-21-14-22-33-51)43-56(62)60(52-34-23-15-24-35-52)53-36-25-16-26-37-53/h13-16,19-27,30-43,47-49,59-60,63-64H,6-12,17-18,28-29H2,1-5H3. The van der Waals surface area contributed by atoms with Gasteiger partial charge in [-0.25, -0.2) is 0 Å². The molecule has 1 fully saturated rings. The molecule has 3 nitrogen and oxygen atoms in total. The van der Waals surface area contributed by atoms with E-state index in [1.165, 1.54) is 138 Å². The number of nitrogens with zero attached hydrogens (tertiary/aromatic N) is 1. The third-order valence-corrected chi connectivity index (χ3v) is 14.0. The van der Waals surface area contributed by atoms with Crippen LogP contribution in [0.5, 0.6) is 0 Å². The monoisotopic (exact) mass is 858 g/mol. The molecule has 2 atom stereocenters. The molecule has 8 rings (SSSR count). The second-order valence-electron chi connectivity index (χ2n) is 19.0. The van der Waals surface area contributed by atoms with Gasteiger partial charge in [-0.2, -0.15) is 0 Å². The summed E-state index contributed by atoms with van der Waals surface area (Å²) in [5.41, 5.74) is 17.8. The van der Waals surface area contributed by atoms with E-state index in [1.54, 1.807) is 0 Å². The lowest BCUT2D eigenvalue weighted by atomic mass is 9.76. The van der Waals surface area contributed by atoms with Crippen molar-refractivity contribution in [1.82, 2.24) is 4.98 Å². The minimum atomic E-state index is -0.0502. The molecule has 7 aromatic rings. The van der Waals surface area contributed by atoms with E-state index in [-0.39, 0.29) is 23.9 Å². The molecule has 0 radical (unpaired) electrons. The Morgan fingerprint density at radius 1 is 0.415 bits per heavy atom. The van der Waals surface area contributed by atoms with E-state index in [2.05, 4.69) is 209 Å². The number of nitrogens with one attached hydrogen (secondary N) is 2. The van der Waals surface area contributed by atoms with Gasteiger partial charge in [-0.05, 0) is 116 Å². The third kappa shape index (κ3) is 11.5. The Labute approximate surface area is 391 Å². The van der Waals surface area contributed by atoms with E-state index in [4.69, 9.17) is 4.98 Å². The summed E-state index contributed by atoms with van der Waals surface area (Å²) in [6.45, 7) is 11.1. The first-order chi connectivity index (χ1) is 31.8. The van der Waals surface area contributed by atoms with Gasteiger partial charge in [-0.3, -0.25) is 4.98 Å². The summed E-state index contributed by atoms with van der Waals surface area (Å²) in [6.07, 6.45) is 14.3. The topological polar surface area (TPSA) is 37.0 Å². The Morgan fingerprint density at radius 3 is 1.26 bits per heavy atom. The van der Waals surface area contributed by atoms with Crippen LogP contribution in [-0.2, 0) is 0 Å². The number of anilines is 2. The summed E-state index contributed by atoms with van der Waals surface area (Å²) in [5.74, 6) is 0.508. The number of rotatable bonds is 13. The Bertz CT molecular complexity index is 2430. The molecule has 0 spiro atoms. The van der Waals surface area contributed by atoms with Crippen molar-refractivity contribution in [2.24, 2.45) is 0 Å². The second-order valence-corrected chi connectivity index (χ2v) is 19.0. The summed E-state index contributed by atoms with van der Waals surface area (Å²) in [6, 6.07) is 61.2. The molecule has 1 aliphatic rings. The second kappa shape index (κ2) is 22.3. The molecule has 1 aliphatic carbocycles. The van der Waals surface area contributed by atoms with Crippen molar-refractivity contribution in [2.75, 3.05) is 10.6 Å². The highest BCUT2D eigenvalue weighted by Crippen LogP contribution is 2.47. The highest BCUT2D eigenvalue weighted by molar-refractivity contribution is 5.68. The largest absolute Gasteiger partial charge is 0.377 e. The molecule has 0 bridgehead atoms. The Hall–Kier alpha value is -5.93. The van der Waals surface area contributed by atoms with Gasteiger partial charge >= 0.3 is 0 Å². The Kier molecular flexibility index (Phi) is 15.7.